The van der Waals surface area contributed by atoms with Crippen LogP contribution in [0, 0.1) is 0 Å². The zero-order chi connectivity index (χ0) is 21.4. The van der Waals surface area contributed by atoms with Crippen molar-refractivity contribution in [3.63, 3.8) is 0 Å². The third-order valence-electron chi connectivity index (χ3n) is 4.64. The van der Waals surface area contributed by atoms with Crippen LogP contribution in [0.3, 0.4) is 0 Å². The summed E-state index contributed by atoms with van der Waals surface area (Å²) in [7, 11) is 1.87. The molecule has 3 aliphatic heterocycles. The summed E-state index contributed by atoms with van der Waals surface area (Å²) in [5, 5.41) is 13.0. The lowest BCUT2D eigenvalue weighted by atomic mass is 10.1. The number of rotatable bonds is 9. The first-order chi connectivity index (χ1) is 14.5. The van der Waals surface area contributed by atoms with Crippen molar-refractivity contribution in [1.82, 2.24) is 10.3 Å². The molecular formula is C21H29N5O4. The van der Waals surface area contributed by atoms with Crippen molar-refractivity contribution in [3.8, 4) is 0 Å². The molecule has 3 rings (SSSR count). The van der Waals surface area contributed by atoms with Gasteiger partial charge in [-0.2, -0.15) is 0 Å². The monoisotopic (exact) mass is 415 g/mol. The summed E-state index contributed by atoms with van der Waals surface area (Å²) < 4.78 is 10.7. The van der Waals surface area contributed by atoms with E-state index in [9.17, 15) is 4.79 Å². The molecule has 3 heterocycles. The minimum Gasteiger partial charge on any atom is -0.393 e. The first kappa shape index (κ1) is 21.9. The highest BCUT2D eigenvalue weighted by Crippen LogP contribution is 2.19. The number of aliphatic imine (C=N–C) groups is 1. The van der Waals surface area contributed by atoms with E-state index in [-0.39, 0.29) is 11.9 Å². The van der Waals surface area contributed by atoms with E-state index in [2.05, 4.69) is 33.6 Å². The van der Waals surface area contributed by atoms with Crippen molar-refractivity contribution < 1.29 is 19.1 Å². The van der Waals surface area contributed by atoms with Gasteiger partial charge in [-0.3, -0.25) is 9.79 Å². The second kappa shape index (κ2) is 10.3. The first-order valence-electron chi connectivity index (χ1n) is 10.2. The van der Waals surface area contributed by atoms with Gasteiger partial charge in [0.15, 0.2) is 5.84 Å². The van der Waals surface area contributed by atoms with Crippen LogP contribution >= 0.6 is 0 Å². The molecule has 0 aromatic rings. The molecule has 30 heavy (non-hydrogen) atoms. The first-order valence-corrected chi connectivity index (χ1v) is 10.2. The topological polar surface area (TPSA) is 96.9 Å². The number of amidine groups is 2. The number of hydrogen-bond donors (Lipinski definition) is 1. The molecule has 1 N–H and O–H groups in total. The molecule has 0 aliphatic carbocycles. The van der Waals surface area contributed by atoms with E-state index in [0.717, 1.165) is 18.0 Å². The van der Waals surface area contributed by atoms with Crippen LogP contribution in [0.4, 0.5) is 0 Å². The molecule has 1 saturated heterocycles. The van der Waals surface area contributed by atoms with Gasteiger partial charge >= 0.3 is 0 Å². The van der Waals surface area contributed by atoms with E-state index in [0.29, 0.717) is 38.5 Å². The third-order valence-corrected chi connectivity index (χ3v) is 4.64. The summed E-state index contributed by atoms with van der Waals surface area (Å²) in [5.74, 6) is -0.357. The molecule has 1 fully saturated rings. The van der Waals surface area contributed by atoms with E-state index < -0.39 is 5.79 Å². The minimum absolute atomic E-state index is 0.143. The molecule has 3 aliphatic rings. The van der Waals surface area contributed by atoms with E-state index in [1.807, 2.05) is 31.4 Å². The summed E-state index contributed by atoms with van der Waals surface area (Å²) >= 11 is 0. The molecule has 0 aromatic heterocycles. The molecule has 0 bridgehead atoms. The van der Waals surface area contributed by atoms with Crippen molar-refractivity contribution >= 4 is 23.3 Å². The summed E-state index contributed by atoms with van der Waals surface area (Å²) in [6.07, 6.45) is 14.2. The molecule has 0 aromatic carbocycles. The number of hydrazone groups is 1. The number of allylic oxidation sites excluding steroid dienone is 4. The molecule has 0 saturated carbocycles. The Morgan fingerprint density at radius 1 is 1.40 bits per heavy atom. The van der Waals surface area contributed by atoms with Crippen LogP contribution in [0.5, 0.6) is 0 Å². The van der Waals surface area contributed by atoms with Crippen molar-refractivity contribution in [2.45, 2.75) is 44.9 Å². The maximum absolute atomic E-state index is 12.4. The molecule has 0 spiro atoms. The van der Waals surface area contributed by atoms with Crippen LogP contribution in [0.15, 0.2) is 51.7 Å². The van der Waals surface area contributed by atoms with Crippen LogP contribution in [0.1, 0.15) is 33.1 Å². The number of nitrogens with one attached hydrogen (secondary N) is 1. The van der Waals surface area contributed by atoms with Gasteiger partial charge in [-0.25, -0.2) is 5.01 Å². The van der Waals surface area contributed by atoms with E-state index in [4.69, 9.17) is 14.3 Å². The highest BCUT2D eigenvalue weighted by atomic mass is 16.7. The summed E-state index contributed by atoms with van der Waals surface area (Å²) in [5.41, 5.74) is 0.769. The Hall–Kier alpha value is -2.78. The van der Waals surface area contributed by atoms with Crippen molar-refractivity contribution in [2.75, 3.05) is 26.9 Å². The number of dihydropyridines is 1. The van der Waals surface area contributed by atoms with E-state index in [1.54, 1.807) is 18.0 Å². The SMILES string of the molecule is CC/C=C\C=C/C/C(=N\OCC1CC=CC(NC(=O)C2(C)OCCO2)=N1)C1=NN1C. The van der Waals surface area contributed by atoms with Gasteiger partial charge in [-0.1, -0.05) is 42.5 Å². The Kier molecular flexibility index (Phi) is 7.53. The standard InChI is InChI=1S/C21H29N5O4/c1-4-5-6-7-8-11-17(19-24-26(19)3)25-30-15-16-10-9-12-18(22-16)23-20(27)21(2)28-13-14-29-21/h5-9,12,16H,4,10-11,13-15H2,1-3H3,(H,22,23,27)/b6-5-,8-7-,25-17+. The van der Waals surface area contributed by atoms with Crippen LogP contribution in [-0.4, -0.2) is 67.0 Å². The van der Waals surface area contributed by atoms with Gasteiger partial charge < -0.3 is 19.6 Å². The Morgan fingerprint density at radius 3 is 2.83 bits per heavy atom. The predicted molar refractivity (Wildman–Crippen MR) is 115 cm³/mol. The average Bonchev–Trinajstić information content (AvgIpc) is 3.28. The van der Waals surface area contributed by atoms with Crippen molar-refractivity contribution in [2.24, 2.45) is 15.2 Å². The summed E-state index contributed by atoms with van der Waals surface area (Å²) in [6.45, 7) is 4.79. The maximum atomic E-state index is 12.4. The van der Waals surface area contributed by atoms with Gasteiger partial charge in [0.25, 0.3) is 5.91 Å². The molecule has 9 nitrogen and oxygen atoms in total. The smallest absolute Gasteiger partial charge is 0.285 e. The quantitative estimate of drug-likeness (QED) is 0.354. The highest BCUT2D eigenvalue weighted by molar-refractivity contribution is 6.45. The zero-order valence-corrected chi connectivity index (χ0v) is 17.7. The Morgan fingerprint density at radius 2 is 2.13 bits per heavy atom. The van der Waals surface area contributed by atoms with Crippen LogP contribution in [0.25, 0.3) is 0 Å². The predicted octanol–water partition coefficient (Wildman–Crippen LogP) is 2.14. The number of amides is 1. The molecule has 1 amide bonds. The van der Waals surface area contributed by atoms with Gasteiger partial charge in [0.1, 0.15) is 18.2 Å². The molecule has 0 radical (unpaired) electrons. The number of oxime groups is 1. The lowest BCUT2D eigenvalue weighted by Gasteiger charge is -2.22. The number of carbonyl (C=O) groups is 1. The van der Waals surface area contributed by atoms with Gasteiger partial charge in [0, 0.05) is 13.5 Å². The van der Waals surface area contributed by atoms with Gasteiger partial charge in [-0.15, -0.1) is 5.10 Å². The van der Waals surface area contributed by atoms with Gasteiger partial charge in [-0.05, 0) is 25.8 Å². The minimum atomic E-state index is -1.27. The summed E-state index contributed by atoms with van der Waals surface area (Å²) in [6, 6.07) is -0.143. The average molecular weight is 415 g/mol. The molecule has 1 unspecified atom stereocenters. The zero-order valence-electron chi connectivity index (χ0n) is 17.7. The number of hydrogen-bond acceptors (Lipinski definition) is 8. The Bertz CT molecular complexity index is 806. The molecule has 1 atom stereocenters. The van der Waals surface area contributed by atoms with Crippen molar-refractivity contribution in [1.29, 1.82) is 0 Å². The molecule has 162 valence electrons. The Balaban J connectivity index is 1.51. The fraction of sp³-hybridized carbons (Fsp3) is 0.524. The highest BCUT2D eigenvalue weighted by Gasteiger charge is 2.40. The van der Waals surface area contributed by atoms with Crippen LogP contribution < -0.4 is 5.32 Å². The van der Waals surface area contributed by atoms with Crippen molar-refractivity contribution in [3.05, 3.63) is 36.5 Å². The molecular weight excluding hydrogens is 386 g/mol. The summed E-state index contributed by atoms with van der Waals surface area (Å²) in [4.78, 5) is 22.4. The van der Waals surface area contributed by atoms with E-state index in [1.165, 1.54) is 0 Å². The normalized spacial score (nSPS) is 23.1. The Labute approximate surface area is 176 Å². The second-order valence-corrected chi connectivity index (χ2v) is 7.15. The second-order valence-electron chi connectivity index (χ2n) is 7.15. The van der Waals surface area contributed by atoms with E-state index >= 15 is 0 Å². The van der Waals surface area contributed by atoms with Gasteiger partial charge in [0.2, 0.25) is 5.79 Å². The van der Waals surface area contributed by atoms with Crippen LogP contribution in [-0.2, 0) is 19.1 Å². The molecule has 9 heteroatoms. The lowest BCUT2D eigenvalue weighted by molar-refractivity contribution is -0.174. The maximum Gasteiger partial charge on any atom is 0.285 e. The van der Waals surface area contributed by atoms with Crippen LogP contribution in [0.2, 0.25) is 0 Å². The third kappa shape index (κ3) is 6.11. The fourth-order valence-corrected chi connectivity index (χ4v) is 2.89. The number of nitrogens with zero attached hydrogens (tertiary/aromatic N) is 4. The number of ether oxygens (including phenoxy) is 2. The van der Waals surface area contributed by atoms with Gasteiger partial charge in [0.05, 0.1) is 19.3 Å². The largest absolute Gasteiger partial charge is 0.393 e. The fourth-order valence-electron chi connectivity index (χ4n) is 2.89. The number of carbonyl (C=O) groups excluding carboxylic acids is 1. The lowest BCUT2D eigenvalue weighted by Crippen LogP contribution is -2.47.